The molecule has 0 amide bonds. The van der Waals surface area contributed by atoms with Crippen LogP contribution in [-0.4, -0.2) is 36.2 Å². The molecule has 0 bridgehead atoms. The molecule has 0 radical (unpaired) electrons. The Balaban J connectivity index is 2.73. The standard InChI is InChI=1S/C13H17NO4/c1-9(12(15)16)14-11(13(17)18-2)8-10-6-4-3-5-7-10/h3-7,9,11,14H,8H2,1-2H3,(H,15,16). The first-order valence-electron chi connectivity index (χ1n) is 5.65. The number of benzene rings is 1. The predicted octanol–water partition coefficient (Wildman–Crippen LogP) is 0.833. The fourth-order valence-electron chi connectivity index (χ4n) is 1.58. The van der Waals surface area contributed by atoms with E-state index in [1.807, 2.05) is 30.3 Å². The zero-order chi connectivity index (χ0) is 13.5. The van der Waals surface area contributed by atoms with Crippen LogP contribution in [0.25, 0.3) is 0 Å². The van der Waals surface area contributed by atoms with Gasteiger partial charge in [0.05, 0.1) is 7.11 Å². The molecule has 0 aliphatic rings. The third kappa shape index (κ3) is 4.18. The number of carboxylic acid groups (broad SMARTS) is 1. The van der Waals surface area contributed by atoms with Gasteiger partial charge in [-0.1, -0.05) is 30.3 Å². The fraction of sp³-hybridized carbons (Fsp3) is 0.385. The van der Waals surface area contributed by atoms with Crippen LogP contribution in [0.15, 0.2) is 30.3 Å². The molecule has 5 heteroatoms. The Labute approximate surface area is 106 Å². The summed E-state index contributed by atoms with van der Waals surface area (Å²) in [5.74, 6) is -1.47. The number of carbonyl (C=O) groups excluding carboxylic acids is 1. The molecular formula is C13H17NO4. The normalized spacial score (nSPS) is 13.7. The summed E-state index contributed by atoms with van der Waals surface area (Å²) >= 11 is 0. The molecule has 2 atom stereocenters. The van der Waals surface area contributed by atoms with Crippen molar-refractivity contribution >= 4 is 11.9 Å². The van der Waals surface area contributed by atoms with Crippen LogP contribution in [0, 0.1) is 0 Å². The third-order valence-electron chi connectivity index (χ3n) is 2.59. The Hall–Kier alpha value is -1.88. The molecule has 1 rings (SSSR count). The molecule has 0 heterocycles. The van der Waals surface area contributed by atoms with E-state index >= 15 is 0 Å². The number of carbonyl (C=O) groups is 2. The number of methoxy groups -OCH3 is 1. The first-order valence-corrected chi connectivity index (χ1v) is 5.65. The van der Waals surface area contributed by atoms with Crippen molar-refractivity contribution in [2.24, 2.45) is 0 Å². The second-order valence-corrected chi connectivity index (χ2v) is 3.99. The van der Waals surface area contributed by atoms with Crippen LogP contribution in [-0.2, 0) is 20.7 Å². The van der Waals surface area contributed by atoms with E-state index in [4.69, 9.17) is 5.11 Å². The minimum absolute atomic E-state index is 0.394. The lowest BCUT2D eigenvalue weighted by molar-refractivity contribution is -0.144. The van der Waals surface area contributed by atoms with Gasteiger partial charge in [0.25, 0.3) is 0 Å². The number of hydrogen-bond acceptors (Lipinski definition) is 4. The first kappa shape index (κ1) is 14.2. The highest BCUT2D eigenvalue weighted by Crippen LogP contribution is 2.05. The van der Waals surface area contributed by atoms with E-state index in [0.29, 0.717) is 6.42 Å². The lowest BCUT2D eigenvalue weighted by Gasteiger charge is -2.19. The average Bonchev–Trinajstić information content (AvgIpc) is 2.38. The summed E-state index contributed by atoms with van der Waals surface area (Å²) in [5.41, 5.74) is 0.943. The monoisotopic (exact) mass is 251 g/mol. The van der Waals surface area contributed by atoms with Crippen LogP contribution in [0.1, 0.15) is 12.5 Å². The lowest BCUT2D eigenvalue weighted by atomic mass is 10.1. The summed E-state index contributed by atoms with van der Waals surface area (Å²) in [4.78, 5) is 22.4. The van der Waals surface area contributed by atoms with Gasteiger partial charge in [-0.05, 0) is 18.9 Å². The summed E-state index contributed by atoms with van der Waals surface area (Å²) < 4.78 is 4.67. The Morgan fingerprint density at radius 2 is 1.94 bits per heavy atom. The van der Waals surface area contributed by atoms with Crippen LogP contribution in [0.3, 0.4) is 0 Å². The van der Waals surface area contributed by atoms with Crippen molar-refractivity contribution in [3.63, 3.8) is 0 Å². The third-order valence-corrected chi connectivity index (χ3v) is 2.59. The number of hydrogen-bond donors (Lipinski definition) is 2. The Morgan fingerprint density at radius 1 is 1.33 bits per heavy atom. The van der Waals surface area contributed by atoms with Crippen molar-refractivity contribution in [2.75, 3.05) is 7.11 Å². The summed E-state index contributed by atoms with van der Waals surface area (Å²) in [7, 11) is 1.29. The SMILES string of the molecule is COC(=O)C(Cc1ccccc1)NC(C)C(=O)O. The van der Waals surface area contributed by atoms with Gasteiger partial charge in [0.15, 0.2) is 0 Å². The Morgan fingerprint density at radius 3 is 2.44 bits per heavy atom. The molecule has 0 aromatic heterocycles. The summed E-state index contributed by atoms with van der Waals surface area (Å²) in [6.07, 6.45) is 0.394. The molecule has 0 fully saturated rings. The molecule has 1 aromatic carbocycles. The van der Waals surface area contributed by atoms with Gasteiger partial charge >= 0.3 is 11.9 Å². The van der Waals surface area contributed by atoms with Crippen LogP contribution in [0.2, 0.25) is 0 Å². The first-order chi connectivity index (χ1) is 8.54. The van der Waals surface area contributed by atoms with Gasteiger partial charge in [0.1, 0.15) is 12.1 Å². The van der Waals surface area contributed by atoms with E-state index in [-0.39, 0.29) is 0 Å². The number of rotatable bonds is 6. The Bertz CT molecular complexity index is 405. The van der Waals surface area contributed by atoms with Crippen molar-refractivity contribution < 1.29 is 19.4 Å². The fourth-order valence-corrected chi connectivity index (χ4v) is 1.58. The van der Waals surface area contributed by atoms with Gasteiger partial charge < -0.3 is 9.84 Å². The van der Waals surface area contributed by atoms with Crippen molar-refractivity contribution in [1.82, 2.24) is 5.32 Å². The van der Waals surface area contributed by atoms with E-state index < -0.39 is 24.0 Å². The quantitative estimate of drug-likeness (QED) is 0.732. The zero-order valence-corrected chi connectivity index (χ0v) is 10.4. The summed E-state index contributed by atoms with van der Waals surface area (Å²) in [6, 6.07) is 7.89. The van der Waals surface area contributed by atoms with Gasteiger partial charge in [-0.25, -0.2) is 0 Å². The molecule has 0 spiro atoms. The number of aliphatic carboxylic acids is 1. The molecule has 0 aliphatic heterocycles. The van der Waals surface area contributed by atoms with Crippen LogP contribution in [0.4, 0.5) is 0 Å². The van der Waals surface area contributed by atoms with Crippen LogP contribution in [0.5, 0.6) is 0 Å². The molecule has 1 aromatic rings. The smallest absolute Gasteiger partial charge is 0.323 e. The highest BCUT2D eigenvalue weighted by atomic mass is 16.5. The molecule has 18 heavy (non-hydrogen) atoms. The van der Waals surface area contributed by atoms with E-state index in [1.165, 1.54) is 14.0 Å². The maximum Gasteiger partial charge on any atom is 0.323 e. The zero-order valence-electron chi connectivity index (χ0n) is 10.4. The summed E-state index contributed by atoms with van der Waals surface area (Å²) in [5, 5.41) is 11.6. The second-order valence-electron chi connectivity index (χ2n) is 3.99. The van der Waals surface area contributed by atoms with Crippen LogP contribution < -0.4 is 5.32 Å². The highest BCUT2D eigenvalue weighted by molar-refractivity contribution is 5.78. The van der Waals surface area contributed by atoms with Crippen LogP contribution >= 0.6 is 0 Å². The molecule has 0 saturated heterocycles. The van der Waals surface area contributed by atoms with Gasteiger partial charge in [0.2, 0.25) is 0 Å². The Kier molecular flexibility index (Phi) is 5.32. The van der Waals surface area contributed by atoms with E-state index in [2.05, 4.69) is 10.1 Å². The molecule has 0 aliphatic carbocycles. The molecular weight excluding hydrogens is 234 g/mol. The highest BCUT2D eigenvalue weighted by Gasteiger charge is 2.24. The predicted molar refractivity (Wildman–Crippen MR) is 66.2 cm³/mol. The maximum atomic E-state index is 11.6. The second kappa shape index (κ2) is 6.76. The van der Waals surface area contributed by atoms with E-state index in [1.54, 1.807) is 0 Å². The van der Waals surface area contributed by atoms with Crippen molar-refractivity contribution in [2.45, 2.75) is 25.4 Å². The maximum absolute atomic E-state index is 11.6. The van der Waals surface area contributed by atoms with Gasteiger partial charge in [-0.15, -0.1) is 0 Å². The molecule has 5 nitrogen and oxygen atoms in total. The number of esters is 1. The molecule has 2 N–H and O–H groups in total. The van der Waals surface area contributed by atoms with E-state index in [0.717, 1.165) is 5.56 Å². The molecule has 98 valence electrons. The van der Waals surface area contributed by atoms with Crippen molar-refractivity contribution in [1.29, 1.82) is 0 Å². The van der Waals surface area contributed by atoms with E-state index in [9.17, 15) is 9.59 Å². The minimum atomic E-state index is -1.00. The number of nitrogens with one attached hydrogen (secondary N) is 1. The molecule has 0 saturated carbocycles. The lowest BCUT2D eigenvalue weighted by Crippen LogP contribution is -2.47. The molecule has 2 unspecified atom stereocenters. The van der Waals surface area contributed by atoms with Crippen molar-refractivity contribution in [3.05, 3.63) is 35.9 Å². The largest absolute Gasteiger partial charge is 0.480 e. The van der Waals surface area contributed by atoms with Gasteiger partial charge in [-0.2, -0.15) is 0 Å². The number of ether oxygens (including phenoxy) is 1. The topological polar surface area (TPSA) is 75.6 Å². The average molecular weight is 251 g/mol. The summed E-state index contributed by atoms with van der Waals surface area (Å²) in [6.45, 7) is 1.49. The minimum Gasteiger partial charge on any atom is -0.480 e. The number of carboxylic acids is 1. The van der Waals surface area contributed by atoms with Gasteiger partial charge in [-0.3, -0.25) is 14.9 Å². The van der Waals surface area contributed by atoms with Gasteiger partial charge in [0, 0.05) is 0 Å². The van der Waals surface area contributed by atoms with Crippen molar-refractivity contribution in [3.8, 4) is 0 Å².